The Morgan fingerprint density at radius 2 is 1.63 bits per heavy atom. The molecule has 0 aliphatic carbocycles. The van der Waals surface area contributed by atoms with Crippen LogP contribution in [0.5, 0.6) is 0 Å². The van der Waals surface area contributed by atoms with Gasteiger partial charge in [0.25, 0.3) is 0 Å². The van der Waals surface area contributed by atoms with Gasteiger partial charge < -0.3 is 5.32 Å². The smallest absolute Gasteiger partial charge is 0.161 e. The predicted octanol–water partition coefficient (Wildman–Crippen LogP) is 8.46. The van der Waals surface area contributed by atoms with Gasteiger partial charge in [-0.15, -0.1) is 0 Å². The molecule has 4 aromatic rings. The minimum absolute atomic E-state index is 0.263. The van der Waals surface area contributed by atoms with Gasteiger partial charge in [-0.2, -0.15) is 0 Å². The lowest BCUT2D eigenvalue weighted by molar-refractivity contribution is 0.628. The molecule has 0 amide bonds. The molecule has 0 saturated heterocycles. The van der Waals surface area contributed by atoms with Crippen LogP contribution in [0.3, 0.4) is 0 Å². The summed E-state index contributed by atoms with van der Waals surface area (Å²) in [5.74, 6) is 0.672. The summed E-state index contributed by atoms with van der Waals surface area (Å²) < 4.78 is 27.4. The van der Waals surface area contributed by atoms with E-state index in [0.29, 0.717) is 22.9 Å². The second kappa shape index (κ2) is 11.0. The quantitative estimate of drug-likeness (QED) is 0.281. The first-order chi connectivity index (χ1) is 17.0. The van der Waals surface area contributed by atoms with Crippen LogP contribution in [0, 0.1) is 18.6 Å². The van der Waals surface area contributed by atoms with E-state index in [2.05, 4.69) is 49.5 Å². The van der Waals surface area contributed by atoms with Gasteiger partial charge in [-0.3, -0.25) is 0 Å². The maximum absolute atomic E-state index is 13.9. The first-order valence-electron chi connectivity index (χ1n) is 11.9. The molecule has 5 heteroatoms. The highest BCUT2D eigenvalue weighted by atomic mass is 19.1. The van der Waals surface area contributed by atoms with Crippen molar-refractivity contribution in [3.8, 4) is 11.4 Å². The number of benzene rings is 3. The Bertz CT molecular complexity index is 1320. The van der Waals surface area contributed by atoms with Crippen LogP contribution in [0.4, 0.5) is 20.3 Å². The number of hydrogen-bond acceptors (Lipinski definition) is 3. The molecule has 1 heterocycles. The van der Waals surface area contributed by atoms with Crippen molar-refractivity contribution in [2.75, 3.05) is 5.32 Å². The van der Waals surface area contributed by atoms with E-state index in [0.717, 1.165) is 24.1 Å². The van der Waals surface area contributed by atoms with Crippen LogP contribution in [0.25, 0.3) is 17.5 Å². The number of rotatable bonds is 8. The molecule has 4 rings (SSSR count). The summed E-state index contributed by atoms with van der Waals surface area (Å²) in [6.07, 6.45) is 3.99. The number of nitrogens with one attached hydrogen (secondary N) is 1. The molecule has 35 heavy (non-hydrogen) atoms. The molecule has 0 aliphatic heterocycles. The Kier molecular flexibility index (Phi) is 7.66. The minimum atomic E-state index is -0.332. The lowest BCUT2D eigenvalue weighted by atomic mass is 9.86. The molecule has 0 saturated carbocycles. The van der Waals surface area contributed by atoms with Gasteiger partial charge >= 0.3 is 0 Å². The van der Waals surface area contributed by atoms with E-state index in [-0.39, 0.29) is 17.6 Å². The third-order valence-electron chi connectivity index (χ3n) is 6.12. The fraction of sp³-hybridized carbons (Fsp3) is 0.200. The number of anilines is 2. The van der Waals surface area contributed by atoms with Crippen LogP contribution < -0.4 is 5.32 Å². The van der Waals surface area contributed by atoms with Gasteiger partial charge in [0.05, 0.1) is 5.69 Å². The van der Waals surface area contributed by atoms with Crippen molar-refractivity contribution in [1.29, 1.82) is 0 Å². The van der Waals surface area contributed by atoms with Gasteiger partial charge in [0.15, 0.2) is 5.82 Å². The number of allylic oxidation sites excluding steroid dienone is 1. The van der Waals surface area contributed by atoms with E-state index < -0.39 is 0 Å². The highest BCUT2D eigenvalue weighted by Gasteiger charge is 2.17. The van der Waals surface area contributed by atoms with Crippen LogP contribution in [-0.4, -0.2) is 9.97 Å². The third kappa shape index (κ3) is 5.80. The molecule has 0 radical (unpaired) electrons. The van der Waals surface area contributed by atoms with Gasteiger partial charge in [0.1, 0.15) is 17.5 Å². The zero-order valence-electron chi connectivity index (χ0n) is 20.2. The van der Waals surface area contributed by atoms with Crippen molar-refractivity contribution in [3.63, 3.8) is 0 Å². The maximum atomic E-state index is 13.9. The molecule has 178 valence electrons. The van der Waals surface area contributed by atoms with Crippen LogP contribution in [-0.2, 0) is 0 Å². The van der Waals surface area contributed by atoms with Crippen molar-refractivity contribution >= 4 is 17.6 Å². The van der Waals surface area contributed by atoms with Crippen molar-refractivity contribution in [2.24, 2.45) is 0 Å². The molecule has 1 unspecified atom stereocenters. The molecule has 0 spiro atoms. The molecule has 3 nitrogen and oxygen atoms in total. The van der Waals surface area contributed by atoms with Crippen molar-refractivity contribution in [1.82, 2.24) is 9.97 Å². The first kappa shape index (κ1) is 24.3. The SMILES string of the molecule is CCC(=Cc1c(C)nc(-c2ccc(F)cc2)nc1Nc1cccc(F)c1)C(CC)c1ccccc1. The minimum Gasteiger partial charge on any atom is -0.340 e. The largest absolute Gasteiger partial charge is 0.340 e. The average molecular weight is 470 g/mol. The molecule has 1 atom stereocenters. The van der Waals surface area contributed by atoms with Crippen LogP contribution >= 0.6 is 0 Å². The number of aromatic nitrogens is 2. The van der Waals surface area contributed by atoms with Gasteiger partial charge in [-0.25, -0.2) is 18.7 Å². The van der Waals surface area contributed by atoms with Crippen LogP contribution in [0.15, 0.2) is 84.4 Å². The second-order valence-electron chi connectivity index (χ2n) is 8.48. The van der Waals surface area contributed by atoms with Gasteiger partial charge in [0, 0.05) is 22.7 Å². The van der Waals surface area contributed by atoms with Gasteiger partial charge in [-0.05, 0) is 73.9 Å². The number of aryl methyl sites for hydroxylation is 1. The normalized spacial score (nSPS) is 12.4. The van der Waals surface area contributed by atoms with Crippen molar-refractivity contribution in [2.45, 2.75) is 39.5 Å². The predicted molar refractivity (Wildman–Crippen MR) is 140 cm³/mol. The monoisotopic (exact) mass is 469 g/mol. The van der Waals surface area contributed by atoms with E-state index in [1.807, 2.05) is 13.0 Å². The number of nitrogens with zero attached hydrogens (tertiary/aromatic N) is 2. The molecule has 0 aliphatic rings. The second-order valence-corrected chi connectivity index (χ2v) is 8.48. The Balaban J connectivity index is 1.84. The highest BCUT2D eigenvalue weighted by Crippen LogP contribution is 2.34. The first-order valence-corrected chi connectivity index (χ1v) is 11.9. The van der Waals surface area contributed by atoms with E-state index in [1.54, 1.807) is 24.3 Å². The summed E-state index contributed by atoms with van der Waals surface area (Å²) in [7, 11) is 0. The summed E-state index contributed by atoms with van der Waals surface area (Å²) in [5, 5.41) is 3.29. The zero-order chi connectivity index (χ0) is 24.8. The molecule has 1 aromatic heterocycles. The molecular weight excluding hydrogens is 440 g/mol. The summed E-state index contributed by atoms with van der Waals surface area (Å²) in [6.45, 7) is 6.28. The Morgan fingerprint density at radius 3 is 2.29 bits per heavy atom. The molecule has 3 aromatic carbocycles. The van der Waals surface area contributed by atoms with Crippen LogP contribution in [0.1, 0.15) is 49.4 Å². The van der Waals surface area contributed by atoms with Gasteiger partial charge in [0.2, 0.25) is 0 Å². The summed E-state index contributed by atoms with van der Waals surface area (Å²) >= 11 is 0. The standard InChI is InChI=1S/C30H29F2N3/c1-4-21(27(5-2)22-10-7-6-8-11-22)18-28-20(3)33-29(23-14-16-24(31)17-15-23)35-30(28)34-26-13-9-12-25(32)19-26/h6-19,27H,4-5H2,1-3H3,(H,33,34,35). The Morgan fingerprint density at radius 1 is 0.886 bits per heavy atom. The van der Waals surface area contributed by atoms with E-state index >= 15 is 0 Å². The highest BCUT2D eigenvalue weighted by molar-refractivity contribution is 5.74. The summed E-state index contributed by atoms with van der Waals surface area (Å²) in [4.78, 5) is 9.54. The third-order valence-corrected chi connectivity index (χ3v) is 6.12. The fourth-order valence-corrected chi connectivity index (χ4v) is 4.31. The van der Waals surface area contributed by atoms with E-state index in [9.17, 15) is 8.78 Å². The molecular formula is C30H29F2N3. The summed E-state index contributed by atoms with van der Waals surface area (Å²) in [6, 6.07) is 22.9. The average Bonchev–Trinajstić information content (AvgIpc) is 2.86. The number of halogens is 2. The summed E-state index contributed by atoms with van der Waals surface area (Å²) in [5.41, 5.74) is 5.47. The van der Waals surface area contributed by atoms with E-state index in [4.69, 9.17) is 9.97 Å². The lowest BCUT2D eigenvalue weighted by Crippen LogP contribution is -2.06. The Labute approximate surface area is 205 Å². The lowest BCUT2D eigenvalue weighted by Gasteiger charge is -2.20. The molecule has 0 bridgehead atoms. The van der Waals surface area contributed by atoms with E-state index in [1.165, 1.54) is 35.4 Å². The van der Waals surface area contributed by atoms with Crippen molar-refractivity contribution < 1.29 is 8.78 Å². The zero-order valence-corrected chi connectivity index (χ0v) is 20.2. The maximum Gasteiger partial charge on any atom is 0.161 e. The number of hydrogen-bond donors (Lipinski definition) is 1. The van der Waals surface area contributed by atoms with Crippen LogP contribution in [0.2, 0.25) is 0 Å². The molecule has 0 fully saturated rings. The fourth-order valence-electron chi connectivity index (χ4n) is 4.31. The van der Waals surface area contributed by atoms with Crippen molar-refractivity contribution in [3.05, 3.63) is 113 Å². The Hall–Kier alpha value is -3.86. The topological polar surface area (TPSA) is 37.8 Å². The molecule has 1 N–H and O–H groups in total. The van der Waals surface area contributed by atoms with Gasteiger partial charge in [-0.1, -0.05) is 55.8 Å².